The molecule has 0 aliphatic carbocycles. The second-order valence-electron chi connectivity index (χ2n) is 9.24. The van der Waals surface area contributed by atoms with Gasteiger partial charge in [-0.05, 0) is 18.3 Å². The zero-order valence-corrected chi connectivity index (χ0v) is 18.3. The van der Waals surface area contributed by atoms with Gasteiger partial charge in [0.25, 0.3) is 0 Å². The van der Waals surface area contributed by atoms with Crippen LogP contribution in [0.1, 0.15) is 65.1 Å². The minimum absolute atomic E-state index is 0.0949. The molecule has 2 rings (SSSR count). The van der Waals surface area contributed by atoms with E-state index in [1.807, 2.05) is 7.05 Å². The Morgan fingerprint density at radius 1 is 1.27 bits per heavy atom. The minimum atomic E-state index is 0.0949. The van der Waals surface area contributed by atoms with Crippen LogP contribution in [0.5, 0.6) is 0 Å². The molecule has 5 nitrogen and oxygen atoms in total. The first-order valence-corrected chi connectivity index (χ1v) is 10.5. The molecule has 0 spiro atoms. The van der Waals surface area contributed by atoms with Crippen molar-refractivity contribution in [3.8, 4) is 0 Å². The van der Waals surface area contributed by atoms with Gasteiger partial charge in [0, 0.05) is 36.9 Å². The van der Waals surface area contributed by atoms with Crippen molar-refractivity contribution in [3.63, 3.8) is 0 Å². The van der Waals surface area contributed by atoms with E-state index < -0.39 is 0 Å². The smallest absolute Gasteiger partial charge is 0.191 e. The summed E-state index contributed by atoms with van der Waals surface area (Å²) in [6.07, 6.45) is 2.63. The summed E-state index contributed by atoms with van der Waals surface area (Å²) in [5.41, 5.74) is 1.40. The highest BCUT2D eigenvalue weighted by molar-refractivity contribution is 7.09. The van der Waals surface area contributed by atoms with Crippen molar-refractivity contribution in [2.45, 2.75) is 72.4 Å². The van der Waals surface area contributed by atoms with Crippen molar-refractivity contribution in [2.24, 2.45) is 16.3 Å². The predicted molar refractivity (Wildman–Crippen MR) is 111 cm³/mol. The van der Waals surface area contributed by atoms with E-state index in [1.165, 1.54) is 6.42 Å². The fraction of sp³-hybridized carbons (Fsp3) is 0.800. The Morgan fingerprint density at radius 2 is 2.00 bits per heavy atom. The number of nitrogens with zero attached hydrogens (tertiary/aromatic N) is 2. The van der Waals surface area contributed by atoms with E-state index in [4.69, 9.17) is 9.72 Å². The molecule has 1 fully saturated rings. The number of guanidine groups is 1. The number of aliphatic imine (C=N–C) groups is 1. The molecule has 1 saturated heterocycles. The Kier molecular flexibility index (Phi) is 7.08. The fourth-order valence-corrected chi connectivity index (χ4v) is 4.31. The van der Waals surface area contributed by atoms with E-state index in [-0.39, 0.29) is 16.9 Å². The first-order chi connectivity index (χ1) is 12.1. The summed E-state index contributed by atoms with van der Waals surface area (Å²) in [6.45, 7) is 15.8. The van der Waals surface area contributed by atoms with E-state index in [9.17, 15) is 0 Å². The first-order valence-electron chi connectivity index (χ1n) is 9.62. The van der Waals surface area contributed by atoms with Crippen LogP contribution >= 0.6 is 11.3 Å². The Labute approximate surface area is 163 Å². The lowest BCUT2D eigenvalue weighted by Crippen LogP contribution is -2.47. The molecular formula is C20H36N4OS. The van der Waals surface area contributed by atoms with E-state index in [2.05, 4.69) is 62.5 Å². The van der Waals surface area contributed by atoms with E-state index in [0.29, 0.717) is 12.5 Å². The molecule has 0 radical (unpaired) electrons. The van der Waals surface area contributed by atoms with Crippen molar-refractivity contribution >= 4 is 17.3 Å². The number of ether oxygens (including phenoxy) is 1. The number of nitrogens with one attached hydrogen (secondary N) is 2. The third-order valence-electron chi connectivity index (χ3n) is 4.78. The normalized spacial score (nSPS) is 22.3. The molecular weight excluding hydrogens is 344 g/mol. The van der Waals surface area contributed by atoms with Crippen molar-refractivity contribution < 1.29 is 4.74 Å². The van der Waals surface area contributed by atoms with E-state index in [1.54, 1.807) is 11.3 Å². The van der Waals surface area contributed by atoms with Gasteiger partial charge in [-0.3, -0.25) is 4.99 Å². The predicted octanol–water partition coefficient (Wildman–Crippen LogP) is 3.95. The first kappa shape index (κ1) is 21.2. The maximum atomic E-state index is 6.08. The number of hydrogen-bond acceptors (Lipinski definition) is 4. The molecule has 2 unspecified atom stereocenters. The van der Waals surface area contributed by atoms with Gasteiger partial charge in [-0.1, -0.05) is 41.5 Å². The highest BCUT2D eigenvalue weighted by atomic mass is 32.1. The Bertz CT molecular complexity index is 598. The summed E-state index contributed by atoms with van der Waals surface area (Å²) in [5, 5.41) is 10.1. The summed E-state index contributed by atoms with van der Waals surface area (Å²) < 4.78 is 6.08. The summed E-state index contributed by atoms with van der Waals surface area (Å²) in [4.78, 5) is 9.10. The van der Waals surface area contributed by atoms with Crippen LogP contribution in [0.3, 0.4) is 0 Å². The molecule has 0 bridgehead atoms. The third kappa shape index (κ3) is 5.95. The number of aromatic nitrogens is 1. The molecule has 0 amide bonds. The van der Waals surface area contributed by atoms with Crippen molar-refractivity contribution in [1.29, 1.82) is 0 Å². The second kappa shape index (κ2) is 8.70. The van der Waals surface area contributed by atoms with Gasteiger partial charge in [0.1, 0.15) is 5.01 Å². The molecule has 148 valence electrons. The molecule has 2 atom stereocenters. The Morgan fingerprint density at radius 3 is 2.58 bits per heavy atom. The summed E-state index contributed by atoms with van der Waals surface area (Å²) in [6, 6.07) is 0. The Balaban J connectivity index is 1.86. The third-order valence-corrected chi connectivity index (χ3v) is 5.63. The summed E-state index contributed by atoms with van der Waals surface area (Å²) in [7, 11) is 1.82. The molecule has 1 aliphatic rings. The Hall–Kier alpha value is -1.14. The van der Waals surface area contributed by atoms with Gasteiger partial charge < -0.3 is 15.4 Å². The zero-order chi connectivity index (χ0) is 19.4. The monoisotopic (exact) mass is 380 g/mol. The zero-order valence-electron chi connectivity index (χ0n) is 17.5. The molecule has 1 aliphatic heterocycles. The lowest BCUT2D eigenvalue weighted by molar-refractivity contribution is -0.0835. The SMILES string of the molecule is CN=C(NCc1nc(C(C)(C)C)cs1)NCC1CCCOC1C(C)(C)C. The highest BCUT2D eigenvalue weighted by Gasteiger charge is 2.35. The van der Waals surface area contributed by atoms with Crippen LogP contribution in [-0.2, 0) is 16.7 Å². The lowest BCUT2D eigenvalue weighted by Gasteiger charge is -2.40. The van der Waals surface area contributed by atoms with Crippen LogP contribution in [0.2, 0.25) is 0 Å². The van der Waals surface area contributed by atoms with E-state index in [0.717, 1.165) is 36.2 Å². The average molecular weight is 381 g/mol. The molecule has 2 N–H and O–H groups in total. The van der Waals surface area contributed by atoms with Gasteiger partial charge in [0.05, 0.1) is 18.3 Å². The second-order valence-corrected chi connectivity index (χ2v) is 10.2. The van der Waals surface area contributed by atoms with Gasteiger partial charge in [-0.15, -0.1) is 11.3 Å². The average Bonchev–Trinajstić information content (AvgIpc) is 3.04. The quantitative estimate of drug-likeness (QED) is 0.613. The van der Waals surface area contributed by atoms with Gasteiger partial charge in [0.15, 0.2) is 5.96 Å². The molecule has 0 saturated carbocycles. The van der Waals surface area contributed by atoms with Crippen LogP contribution in [0.4, 0.5) is 0 Å². The fourth-order valence-electron chi connectivity index (χ4n) is 3.35. The minimum Gasteiger partial charge on any atom is -0.377 e. The van der Waals surface area contributed by atoms with Crippen LogP contribution in [0, 0.1) is 11.3 Å². The molecule has 0 aromatic carbocycles. The topological polar surface area (TPSA) is 58.5 Å². The molecule has 1 aromatic heterocycles. The molecule has 1 aromatic rings. The van der Waals surface area contributed by atoms with E-state index >= 15 is 0 Å². The molecule has 26 heavy (non-hydrogen) atoms. The van der Waals surface area contributed by atoms with Crippen LogP contribution < -0.4 is 10.6 Å². The number of thiazole rings is 1. The maximum Gasteiger partial charge on any atom is 0.191 e. The maximum absolute atomic E-state index is 6.08. The van der Waals surface area contributed by atoms with Gasteiger partial charge >= 0.3 is 0 Å². The number of rotatable bonds is 4. The highest BCUT2D eigenvalue weighted by Crippen LogP contribution is 2.33. The van der Waals surface area contributed by atoms with Gasteiger partial charge in [0.2, 0.25) is 0 Å². The van der Waals surface area contributed by atoms with Crippen LogP contribution in [0.25, 0.3) is 0 Å². The van der Waals surface area contributed by atoms with Gasteiger partial charge in [-0.25, -0.2) is 4.98 Å². The molecule has 2 heterocycles. The number of hydrogen-bond donors (Lipinski definition) is 2. The van der Waals surface area contributed by atoms with Crippen molar-refractivity contribution in [2.75, 3.05) is 20.2 Å². The standard InChI is InChI=1S/C20H36N4OS/c1-19(2,3)15-13-26-16(24-15)12-23-18(21-7)22-11-14-9-8-10-25-17(14)20(4,5)6/h13-14,17H,8-12H2,1-7H3,(H2,21,22,23). The largest absolute Gasteiger partial charge is 0.377 e. The van der Waals surface area contributed by atoms with Crippen molar-refractivity contribution in [1.82, 2.24) is 15.6 Å². The van der Waals surface area contributed by atoms with Crippen molar-refractivity contribution in [3.05, 3.63) is 16.1 Å². The summed E-state index contributed by atoms with van der Waals surface area (Å²) >= 11 is 1.70. The van der Waals surface area contributed by atoms with Gasteiger partial charge in [-0.2, -0.15) is 0 Å². The van der Waals surface area contributed by atoms with Crippen LogP contribution in [-0.4, -0.2) is 37.2 Å². The molecule has 6 heteroatoms. The van der Waals surface area contributed by atoms with Crippen LogP contribution in [0.15, 0.2) is 10.4 Å². The summed E-state index contributed by atoms with van der Waals surface area (Å²) in [5.74, 6) is 1.34. The lowest BCUT2D eigenvalue weighted by atomic mass is 9.78.